The van der Waals surface area contributed by atoms with Crippen LogP contribution in [0.15, 0.2) is 0 Å². The summed E-state index contributed by atoms with van der Waals surface area (Å²) >= 11 is 0. The molecule has 1 radical (unpaired) electrons. The van der Waals surface area contributed by atoms with Gasteiger partial charge in [0.1, 0.15) is 0 Å². The number of hydrogen-bond donors (Lipinski definition) is 0. The molecule has 0 heterocycles. The Morgan fingerprint density at radius 1 is 0.900 bits per heavy atom. The third-order valence-electron chi connectivity index (χ3n) is 1.99. The van der Waals surface area contributed by atoms with E-state index in [1.807, 2.05) is 0 Å². The van der Waals surface area contributed by atoms with Gasteiger partial charge < -0.3 is 0 Å². The second kappa shape index (κ2) is 7.11. The average Bonchev–Trinajstić information content (AvgIpc) is 1.98. The van der Waals surface area contributed by atoms with Crippen LogP contribution < -0.4 is 0 Å². The molecule has 0 aliphatic carbocycles. The Hall–Kier alpha value is 0. The van der Waals surface area contributed by atoms with Crippen molar-refractivity contribution < 1.29 is 0 Å². The van der Waals surface area contributed by atoms with Gasteiger partial charge in [-0.25, -0.2) is 0 Å². The molecule has 61 valence electrons. The van der Waals surface area contributed by atoms with Crippen LogP contribution in [-0.4, -0.2) is 0 Å². The molecule has 0 aromatic rings. The SMILES string of the molecule is CCCC[C](CC)CCC. The largest absolute Gasteiger partial charge is 0.0654 e. The summed E-state index contributed by atoms with van der Waals surface area (Å²) in [5.41, 5.74) is 0. The smallest absolute Gasteiger partial charge is 0.0244 e. The minimum absolute atomic E-state index is 1.30. The molecule has 0 aliphatic heterocycles. The molecule has 0 nitrogen and oxygen atoms in total. The molecule has 0 saturated carbocycles. The number of hydrogen-bond acceptors (Lipinski definition) is 0. The van der Waals surface area contributed by atoms with Crippen molar-refractivity contribution in [1.82, 2.24) is 0 Å². The van der Waals surface area contributed by atoms with Crippen molar-refractivity contribution in [2.45, 2.75) is 59.3 Å². The van der Waals surface area contributed by atoms with Gasteiger partial charge in [0.05, 0.1) is 0 Å². The summed E-state index contributed by atoms with van der Waals surface area (Å²) in [6.45, 7) is 6.81. The van der Waals surface area contributed by atoms with Gasteiger partial charge in [-0.3, -0.25) is 0 Å². The summed E-state index contributed by atoms with van der Waals surface area (Å²) < 4.78 is 0. The monoisotopic (exact) mass is 141 g/mol. The fourth-order valence-electron chi connectivity index (χ4n) is 1.26. The zero-order valence-electron chi connectivity index (χ0n) is 7.74. The van der Waals surface area contributed by atoms with Crippen LogP contribution in [0, 0.1) is 5.92 Å². The van der Waals surface area contributed by atoms with Crippen LogP contribution >= 0.6 is 0 Å². The molecule has 0 aromatic heterocycles. The lowest BCUT2D eigenvalue weighted by atomic mass is 9.95. The fourth-order valence-corrected chi connectivity index (χ4v) is 1.26. The average molecular weight is 141 g/mol. The molecular weight excluding hydrogens is 120 g/mol. The second-order valence-corrected chi connectivity index (χ2v) is 2.96. The zero-order valence-corrected chi connectivity index (χ0v) is 7.74. The maximum Gasteiger partial charge on any atom is -0.0244 e. The minimum atomic E-state index is 1.30. The van der Waals surface area contributed by atoms with Gasteiger partial charge in [0, 0.05) is 0 Å². The van der Waals surface area contributed by atoms with Gasteiger partial charge in [0.2, 0.25) is 0 Å². The minimum Gasteiger partial charge on any atom is -0.0654 e. The first-order valence-electron chi connectivity index (χ1n) is 4.68. The normalized spacial score (nSPS) is 10.8. The van der Waals surface area contributed by atoms with Crippen molar-refractivity contribution in [3.63, 3.8) is 0 Å². The lowest BCUT2D eigenvalue weighted by Gasteiger charge is -2.11. The Labute approximate surface area is 66.0 Å². The van der Waals surface area contributed by atoms with E-state index in [-0.39, 0.29) is 0 Å². The van der Waals surface area contributed by atoms with E-state index in [0.717, 1.165) is 0 Å². The van der Waals surface area contributed by atoms with Gasteiger partial charge >= 0.3 is 0 Å². The van der Waals surface area contributed by atoms with Gasteiger partial charge in [-0.05, 0) is 25.2 Å². The van der Waals surface area contributed by atoms with E-state index in [0.29, 0.717) is 0 Å². The number of rotatable bonds is 6. The molecule has 0 atom stereocenters. The molecule has 0 rings (SSSR count). The lowest BCUT2D eigenvalue weighted by Crippen LogP contribution is -1.94. The van der Waals surface area contributed by atoms with Gasteiger partial charge in [0.25, 0.3) is 0 Å². The third kappa shape index (κ3) is 4.84. The highest BCUT2D eigenvalue weighted by Gasteiger charge is 2.03. The Kier molecular flexibility index (Phi) is 7.11. The molecule has 0 amide bonds. The predicted octanol–water partition coefficient (Wildman–Crippen LogP) is 3.96. The van der Waals surface area contributed by atoms with Crippen LogP contribution in [0.25, 0.3) is 0 Å². The van der Waals surface area contributed by atoms with Crippen molar-refractivity contribution in [2.75, 3.05) is 0 Å². The van der Waals surface area contributed by atoms with Crippen LogP contribution in [0.3, 0.4) is 0 Å². The molecule has 0 unspecified atom stereocenters. The summed E-state index contributed by atoms with van der Waals surface area (Å²) in [4.78, 5) is 0. The van der Waals surface area contributed by atoms with Crippen LogP contribution in [-0.2, 0) is 0 Å². The van der Waals surface area contributed by atoms with Crippen molar-refractivity contribution in [2.24, 2.45) is 0 Å². The molecule has 0 aliphatic rings. The van der Waals surface area contributed by atoms with Gasteiger partial charge in [-0.1, -0.05) is 40.0 Å². The first-order valence-corrected chi connectivity index (χ1v) is 4.68. The zero-order chi connectivity index (χ0) is 7.82. The summed E-state index contributed by atoms with van der Waals surface area (Å²) in [6, 6.07) is 0. The highest BCUT2D eigenvalue weighted by molar-refractivity contribution is 4.86. The Morgan fingerprint density at radius 3 is 2.00 bits per heavy atom. The summed E-state index contributed by atoms with van der Waals surface area (Å²) in [6.07, 6.45) is 8.09. The summed E-state index contributed by atoms with van der Waals surface area (Å²) in [5.74, 6) is 1.77. The molecule has 0 N–H and O–H groups in total. The Morgan fingerprint density at radius 2 is 1.60 bits per heavy atom. The molecule has 0 fully saturated rings. The molecule has 0 aromatic carbocycles. The third-order valence-corrected chi connectivity index (χ3v) is 1.99. The first kappa shape index (κ1) is 10.0. The van der Waals surface area contributed by atoms with Crippen molar-refractivity contribution in [3.05, 3.63) is 5.92 Å². The van der Waals surface area contributed by atoms with Crippen LogP contribution in [0.5, 0.6) is 0 Å². The summed E-state index contributed by atoms with van der Waals surface area (Å²) in [7, 11) is 0. The maximum absolute atomic E-state index is 2.28. The summed E-state index contributed by atoms with van der Waals surface area (Å²) in [5, 5.41) is 0. The quantitative estimate of drug-likeness (QED) is 0.525. The van der Waals surface area contributed by atoms with Gasteiger partial charge in [0.15, 0.2) is 0 Å². The second-order valence-electron chi connectivity index (χ2n) is 2.96. The van der Waals surface area contributed by atoms with Crippen molar-refractivity contribution in [1.29, 1.82) is 0 Å². The van der Waals surface area contributed by atoms with E-state index >= 15 is 0 Å². The van der Waals surface area contributed by atoms with E-state index < -0.39 is 0 Å². The van der Waals surface area contributed by atoms with Crippen LogP contribution in [0.4, 0.5) is 0 Å². The van der Waals surface area contributed by atoms with Crippen LogP contribution in [0.1, 0.15) is 59.3 Å². The maximum atomic E-state index is 2.28. The van der Waals surface area contributed by atoms with Gasteiger partial charge in [-0.2, -0.15) is 0 Å². The topological polar surface area (TPSA) is 0 Å². The highest BCUT2D eigenvalue weighted by Crippen LogP contribution is 2.19. The van der Waals surface area contributed by atoms with Crippen molar-refractivity contribution in [3.8, 4) is 0 Å². The van der Waals surface area contributed by atoms with E-state index in [9.17, 15) is 0 Å². The lowest BCUT2D eigenvalue weighted by molar-refractivity contribution is 0.624. The predicted molar refractivity (Wildman–Crippen MR) is 48.0 cm³/mol. The Bertz CT molecular complexity index is 57.1. The van der Waals surface area contributed by atoms with Crippen molar-refractivity contribution >= 4 is 0 Å². The molecular formula is C10H21. The first-order chi connectivity index (χ1) is 4.85. The molecule has 0 spiro atoms. The molecule has 0 saturated heterocycles. The Balaban J connectivity index is 3.21. The standard InChI is InChI=1S/C10H21/c1-4-7-9-10(6-3)8-5-2/h4-9H2,1-3H3. The highest BCUT2D eigenvalue weighted by atomic mass is 14.1. The molecule has 0 heteroatoms. The van der Waals surface area contributed by atoms with Gasteiger partial charge in [-0.15, -0.1) is 0 Å². The van der Waals surface area contributed by atoms with E-state index in [1.165, 1.54) is 38.5 Å². The fraction of sp³-hybridized carbons (Fsp3) is 0.900. The van der Waals surface area contributed by atoms with E-state index in [2.05, 4.69) is 20.8 Å². The van der Waals surface area contributed by atoms with E-state index in [4.69, 9.17) is 0 Å². The molecule has 0 bridgehead atoms. The van der Waals surface area contributed by atoms with E-state index in [1.54, 1.807) is 5.92 Å². The van der Waals surface area contributed by atoms with Crippen LogP contribution in [0.2, 0.25) is 0 Å². The number of unbranched alkanes of at least 4 members (excludes halogenated alkanes) is 1. The molecule has 10 heavy (non-hydrogen) atoms.